The van der Waals surface area contributed by atoms with Crippen LogP contribution >= 0.6 is 0 Å². The van der Waals surface area contributed by atoms with E-state index in [-0.39, 0.29) is 17.6 Å². The molecule has 3 heterocycles. The summed E-state index contributed by atoms with van der Waals surface area (Å²) in [6, 6.07) is 11.0. The summed E-state index contributed by atoms with van der Waals surface area (Å²) in [4.78, 5) is 7.40. The maximum Gasteiger partial charge on any atom is 0.0947 e. The third-order valence-electron chi connectivity index (χ3n) is 7.35. The average Bonchev–Trinajstić information content (AvgIpc) is 3.31. The van der Waals surface area contributed by atoms with Crippen LogP contribution in [0.4, 0.5) is 0 Å². The van der Waals surface area contributed by atoms with Gasteiger partial charge < -0.3 is 14.4 Å². The molecule has 0 bridgehead atoms. The van der Waals surface area contributed by atoms with Crippen molar-refractivity contribution in [3.63, 3.8) is 0 Å². The number of rotatable bonds is 3. The van der Waals surface area contributed by atoms with Crippen LogP contribution in [0.2, 0.25) is 0 Å². The van der Waals surface area contributed by atoms with Gasteiger partial charge in [0.05, 0.1) is 24.7 Å². The summed E-state index contributed by atoms with van der Waals surface area (Å²) >= 11 is 0. The maximum atomic E-state index is 11.7. The molecule has 0 amide bonds. The van der Waals surface area contributed by atoms with Gasteiger partial charge in [0.25, 0.3) is 0 Å². The molecule has 0 saturated carbocycles. The molecule has 0 radical (unpaired) electrons. The lowest BCUT2D eigenvalue weighted by atomic mass is 9.72. The molecule has 1 N–H and O–H groups in total. The molecular formula is C23H31N3O2. The van der Waals surface area contributed by atoms with E-state index >= 15 is 0 Å². The number of furan rings is 1. The molecule has 3 aliphatic rings. The Morgan fingerprint density at radius 3 is 2.50 bits per heavy atom. The number of hydrogen-bond donors (Lipinski definition) is 1. The average molecular weight is 382 g/mol. The Labute approximate surface area is 167 Å². The van der Waals surface area contributed by atoms with Crippen LogP contribution in [0.3, 0.4) is 0 Å². The van der Waals surface area contributed by atoms with Crippen LogP contribution in [0.25, 0.3) is 0 Å². The molecule has 0 unspecified atom stereocenters. The fourth-order valence-corrected chi connectivity index (χ4v) is 5.65. The second-order valence-corrected chi connectivity index (χ2v) is 8.88. The fourth-order valence-electron chi connectivity index (χ4n) is 5.65. The minimum absolute atomic E-state index is 0.0997. The van der Waals surface area contributed by atoms with Crippen LogP contribution < -0.4 is 0 Å². The zero-order chi connectivity index (χ0) is 19.1. The van der Waals surface area contributed by atoms with Gasteiger partial charge in [0.15, 0.2) is 0 Å². The number of likely N-dealkylation sites (N-methyl/N-ethyl adjacent to an activating group) is 1. The van der Waals surface area contributed by atoms with Gasteiger partial charge in [0.2, 0.25) is 0 Å². The zero-order valence-electron chi connectivity index (χ0n) is 16.8. The number of likely N-dealkylation sites (tertiary alicyclic amines) is 1. The quantitative estimate of drug-likeness (QED) is 0.885. The van der Waals surface area contributed by atoms with Crippen molar-refractivity contribution in [2.45, 2.75) is 36.9 Å². The molecule has 2 aliphatic heterocycles. The van der Waals surface area contributed by atoms with E-state index in [9.17, 15) is 5.11 Å². The molecular weight excluding hydrogens is 350 g/mol. The summed E-state index contributed by atoms with van der Waals surface area (Å²) in [5.74, 6) is 0. The number of aliphatic hydroxyl groups is 1. The SMILES string of the molecule is CN1CCN([C@@H]2c3ccccc3C3(CCN(Cc4ccoc4)CC3)[C@H]2O)CC1. The Kier molecular flexibility index (Phi) is 4.79. The molecule has 5 nitrogen and oxygen atoms in total. The fraction of sp³-hybridized carbons (Fsp3) is 0.565. The van der Waals surface area contributed by atoms with Crippen molar-refractivity contribution < 1.29 is 9.52 Å². The van der Waals surface area contributed by atoms with E-state index in [4.69, 9.17) is 4.42 Å². The van der Waals surface area contributed by atoms with Crippen molar-refractivity contribution in [1.29, 1.82) is 0 Å². The second-order valence-electron chi connectivity index (χ2n) is 8.88. The van der Waals surface area contributed by atoms with Crippen LogP contribution in [0.1, 0.15) is 35.6 Å². The Hall–Kier alpha value is -1.66. The molecule has 5 rings (SSSR count). The molecule has 1 aliphatic carbocycles. The highest BCUT2D eigenvalue weighted by Gasteiger charge is 2.54. The Morgan fingerprint density at radius 2 is 1.79 bits per heavy atom. The first-order valence-electron chi connectivity index (χ1n) is 10.6. The monoisotopic (exact) mass is 381 g/mol. The number of piperazine rings is 1. The first-order valence-corrected chi connectivity index (χ1v) is 10.6. The molecule has 2 fully saturated rings. The highest BCUT2D eigenvalue weighted by Crippen LogP contribution is 2.53. The number of piperidine rings is 1. The Balaban J connectivity index is 1.38. The lowest BCUT2D eigenvalue weighted by molar-refractivity contribution is -0.0270. The van der Waals surface area contributed by atoms with Gasteiger partial charge in [0, 0.05) is 43.7 Å². The van der Waals surface area contributed by atoms with Crippen LogP contribution in [-0.2, 0) is 12.0 Å². The third kappa shape index (κ3) is 3.01. The van der Waals surface area contributed by atoms with Crippen molar-refractivity contribution in [3.8, 4) is 0 Å². The molecule has 2 aromatic rings. The molecule has 1 aromatic carbocycles. The number of fused-ring (bicyclic) bond motifs is 2. The first kappa shape index (κ1) is 18.4. The van der Waals surface area contributed by atoms with Crippen LogP contribution in [0.15, 0.2) is 47.3 Å². The lowest BCUT2D eigenvalue weighted by Crippen LogP contribution is -2.52. The highest BCUT2D eigenvalue weighted by molar-refractivity contribution is 5.45. The Bertz CT molecular complexity index is 790. The third-order valence-corrected chi connectivity index (χ3v) is 7.35. The van der Waals surface area contributed by atoms with Crippen molar-refractivity contribution in [1.82, 2.24) is 14.7 Å². The van der Waals surface area contributed by atoms with E-state index in [1.165, 1.54) is 16.7 Å². The maximum absolute atomic E-state index is 11.7. The van der Waals surface area contributed by atoms with Gasteiger partial charge in [-0.1, -0.05) is 24.3 Å². The van der Waals surface area contributed by atoms with E-state index in [2.05, 4.69) is 46.0 Å². The lowest BCUT2D eigenvalue weighted by Gasteiger charge is -2.45. The van der Waals surface area contributed by atoms with E-state index < -0.39 is 0 Å². The van der Waals surface area contributed by atoms with Crippen molar-refractivity contribution in [3.05, 3.63) is 59.5 Å². The number of aliphatic hydroxyl groups excluding tert-OH is 1. The summed E-state index contributed by atoms with van der Waals surface area (Å²) in [5.41, 5.74) is 3.90. The molecule has 2 atom stereocenters. The predicted octanol–water partition coefficient (Wildman–Crippen LogP) is 2.48. The highest BCUT2D eigenvalue weighted by atomic mass is 16.3. The normalized spacial score (nSPS) is 28.6. The van der Waals surface area contributed by atoms with Gasteiger partial charge >= 0.3 is 0 Å². The van der Waals surface area contributed by atoms with Gasteiger partial charge in [0.1, 0.15) is 0 Å². The minimum atomic E-state index is -0.315. The summed E-state index contributed by atoms with van der Waals surface area (Å²) in [6.07, 6.45) is 5.32. The van der Waals surface area contributed by atoms with Gasteiger partial charge in [-0.05, 0) is 50.2 Å². The topological polar surface area (TPSA) is 43.1 Å². The molecule has 1 aromatic heterocycles. The smallest absolute Gasteiger partial charge is 0.0947 e. The molecule has 2 saturated heterocycles. The van der Waals surface area contributed by atoms with E-state index in [1.807, 2.05) is 12.3 Å². The minimum Gasteiger partial charge on any atom is -0.472 e. The van der Waals surface area contributed by atoms with Gasteiger partial charge in [-0.3, -0.25) is 9.80 Å². The van der Waals surface area contributed by atoms with Crippen LogP contribution in [0.5, 0.6) is 0 Å². The Morgan fingerprint density at radius 1 is 1.04 bits per heavy atom. The van der Waals surface area contributed by atoms with E-state index in [0.29, 0.717) is 0 Å². The molecule has 5 heteroatoms. The summed E-state index contributed by atoms with van der Waals surface area (Å²) in [6.45, 7) is 7.21. The molecule has 1 spiro atoms. The summed E-state index contributed by atoms with van der Waals surface area (Å²) < 4.78 is 5.23. The number of benzene rings is 1. The van der Waals surface area contributed by atoms with Crippen LogP contribution in [0, 0.1) is 0 Å². The van der Waals surface area contributed by atoms with Gasteiger partial charge in [-0.25, -0.2) is 0 Å². The van der Waals surface area contributed by atoms with Gasteiger partial charge in [-0.2, -0.15) is 0 Å². The van der Waals surface area contributed by atoms with Crippen molar-refractivity contribution in [2.75, 3.05) is 46.3 Å². The number of hydrogen-bond acceptors (Lipinski definition) is 5. The molecule has 150 valence electrons. The van der Waals surface area contributed by atoms with Crippen molar-refractivity contribution >= 4 is 0 Å². The predicted molar refractivity (Wildman–Crippen MR) is 109 cm³/mol. The summed E-state index contributed by atoms with van der Waals surface area (Å²) in [5, 5.41) is 11.7. The second kappa shape index (κ2) is 7.30. The van der Waals surface area contributed by atoms with Gasteiger partial charge in [-0.15, -0.1) is 0 Å². The van der Waals surface area contributed by atoms with Crippen LogP contribution in [-0.4, -0.2) is 72.2 Å². The summed E-state index contributed by atoms with van der Waals surface area (Å²) in [7, 11) is 2.19. The first-order chi connectivity index (χ1) is 13.7. The molecule has 28 heavy (non-hydrogen) atoms. The zero-order valence-corrected chi connectivity index (χ0v) is 16.8. The number of nitrogens with zero attached hydrogens (tertiary/aromatic N) is 3. The van der Waals surface area contributed by atoms with E-state index in [0.717, 1.165) is 58.7 Å². The van der Waals surface area contributed by atoms with E-state index in [1.54, 1.807) is 6.26 Å². The van der Waals surface area contributed by atoms with Crippen molar-refractivity contribution in [2.24, 2.45) is 0 Å². The largest absolute Gasteiger partial charge is 0.472 e. The standard InChI is InChI=1S/C23H31N3O2/c1-24-11-13-26(14-12-24)21-19-4-2-3-5-20(19)23(22(21)27)7-9-25(10-8-23)16-18-6-15-28-17-18/h2-6,15,17,21-22,27H,7-14,16H2,1H3/t21-,22+/m1/s1.